The second kappa shape index (κ2) is 6.05. The molecule has 0 amide bonds. The molecule has 0 aliphatic heterocycles. The summed E-state index contributed by atoms with van der Waals surface area (Å²) in [5.41, 5.74) is 2.55. The molecule has 18 heavy (non-hydrogen) atoms. The molecule has 2 rings (SSSR count). The number of ether oxygens (including phenoxy) is 1. The molecular weight excluding hydrogens is 240 g/mol. The van der Waals surface area contributed by atoms with Crippen LogP contribution in [-0.4, -0.2) is 6.61 Å². The average molecular weight is 260 g/mol. The van der Waals surface area contributed by atoms with E-state index in [4.69, 9.17) is 4.74 Å². The van der Waals surface area contributed by atoms with Crippen LogP contribution in [0.4, 0.5) is 0 Å². The zero-order valence-electron chi connectivity index (χ0n) is 11.3. The molecule has 0 saturated heterocycles. The predicted octanol–water partition coefficient (Wildman–Crippen LogP) is 4.80. The molecule has 1 aromatic heterocycles. The highest BCUT2D eigenvalue weighted by molar-refractivity contribution is 7.09. The Bertz CT molecular complexity index is 486. The monoisotopic (exact) mass is 260 g/mol. The summed E-state index contributed by atoms with van der Waals surface area (Å²) in [5.74, 6) is 1.57. The molecule has 0 N–H and O–H groups in total. The van der Waals surface area contributed by atoms with Crippen molar-refractivity contribution in [2.45, 2.75) is 33.1 Å². The van der Waals surface area contributed by atoms with E-state index in [9.17, 15) is 0 Å². The average Bonchev–Trinajstić information content (AvgIpc) is 2.84. The lowest BCUT2D eigenvalue weighted by molar-refractivity contribution is 0.320. The van der Waals surface area contributed by atoms with Crippen molar-refractivity contribution in [2.24, 2.45) is 0 Å². The Morgan fingerprint density at radius 2 is 2.06 bits per heavy atom. The molecule has 0 aliphatic carbocycles. The van der Waals surface area contributed by atoms with E-state index in [1.807, 2.05) is 0 Å². The minimum absolute atomic E-state index is 0.547. The van der Waals surface area contributed by atoms with Gasteiger partial charge >= 0.3 is 0 Å². The fourth-order valence-corrected chi connectivity index (χ4v) is 2.54. The zero-order chi connectivity index (χ0) is 13.0. The topological polar surface area (TPSA) is 9.23 Å². The lowest BCUT2D eigenvalue weighted by atomic mass is 10.0. The van der Waals surface area contributed by atoms with E-state index in [0.29, 0.717) is 5.92 Å². The molecule has 2 aromatic rings. The maximum absolute atomic E-state index is 5.91. The smallest absolute Gasteiger partial charge is 0.122 e. The van der Waals surface area contributed by atoms with Crippen molar-refractivity contribution in [3.05, 3.63) is 51.7 Å². The van der Waals surface area contributed by atoms with E-state index in [-0.39, 0.29) is 0 Å². The van der Waals surface area contributed by atoms with Gasteiger partial charge in [0, 0.05) is 11.3 Å². The van der Waals surface area contributed by atoms with Crippen molar-refractivity contribution in [1.29, 1.82) is 0 Å². The number of rotatable bonds is 5. The van der Waals surface area contributed by atoms with Gasteiger partial charge in [-0.25, -0.2) is 0 Å². The highest BCUT2D eigenvalue weighted by Gasteiger charge is 2.05. The van der Waals surface area contributed by atoms with Gasteiger partial charge in [-0.3, -0.25) is 0 Å². The first-order chi connectivity index (χ1) is 8.66. The first-order valence-electron chi connectivity index (χ1n) is 6.42. The van der Waals surface area contributed by atoms with Gasteiger partial charge in [0.2, 0.25) is 0 Å². The van der Waals surface area contributed by atoms with Gasteiger partial charge in [-0.1, -0.05) is 32.0 Å². The van der Waals surface area contributed by atoms with Crippen molar-refractivity contribution in [3.63, 3.8) is 0 Å². The minimum Gasteiger partial charge on any atom is -0.493 e. The molecule has 96 valence electrons. The molecule has 1 aromatic carbocycles. The Kier molecular flexibility index (Phi) is 4.43. The van der Waals surface area contributed by atoms with Crippen molar-refractivity contribution >= 4 is 11.3 Å². The molecule has 0 radical (unpaired) electrons. The van der Waals surface area contributed by atoms with E-state index in [2.05, 4.69) is 56.5 Å². The van der Waals surface area contributed by atoms with Crippen LogP contribution in [0.15, 0.2) is 35.7 Å². The Balaban J connectivity index is 1.97. The fraction of sp³-hybridized carbons (Fsp3) is 0.375. The van der Waals surface area contributed by atoms with E-state index in [1.54, 1.807) is 11.3 Å². The molecule has 0 spiro atoms. The number of thiophene rings is 1. The van der Waals surface area contributed by atoms with Gasteiger partial charge in [0.05, 0.1) is 6.61 Å². The largest absolute Gasteiger partial charge is 0.493 e. The Morgan fingerprint density at radius 1 is 1.22 bits per heavy atom. The molecule has 2 heteroatoms. The SMILES string of the molecule is Cc1ccc(C(C)C)cc1OCCc1cccs1. The molecular formula is C16H20OS. The summed E-state index contributed by atoms with van der Waals surface area (Å²) >= 11 is 1.79. The third-order valence-corrected chi connectivity index (χ3v) is 4.00. The first kappa shape index (κ1) is 13.2. The van der Waals surface area contributed by atoms with Gasteiger partial charge in [-0.15, -0.1) is 11.3 Å². The molecule has 1 nitrogen and oxygen atoms in total. The van der Waals surface area contributed by atoms with Gasteiger partial charge in [0.25, 0.3) is 0 Å². The van der Waals surface area contributed by atoms with Crippen molar-refractivity contribution in [2.75, 3.05) is 6.61 Å². The molecule has 0 aliphatic rings. The van der Waals surface area contributed by atoms with Gasteiger partial charge in [-0.2, -0.15) is 0 Å². The third kappa shape index (κ3) is 3.36. The third-order valence-electron chi connectivity index (χ3n) is 3.06. The summed E-state index contributed by atoms with van der Waals surface area (Å²) < 4.78 is 5.91. The summed E-state index contributed by atoms with van der Waals surface area (Å²) in [7, 11) is 0. The highest BCUT2D eigenvalue weighted by Crippen LogP contribution is 2.24. The molecule has 0 atom stereocenters. The number of hydrogen-bond donors (Lipinski definition) is 0. The van der Waals surface area contributed by atoms with Crippen molar-refractivity contribution < 1.29 is 4.74 Å². The normalized spacial score (nSPS) is 10.9. The van der Waals surface area contributed by atoms with Crippen LogP contribution in [0.3, 0.4) is 0 Å². The van der Waals surface area contributed by atoms with Crippen LogP contribution < -0.4 is 4.74 Å². The van der Waals surface area contributed by atoms with E-state index < -0.39 is 0 Å². The highest BCUT2D eigenvalue weighted by atomic mass is 32.1. The van der Waals surface area contributed by atoms with Gasteiger partial charge in [-0.05, 0) is 41.5 Å². The summed E-state index contributed by atoms with van der Waals surface area (Å²) in [6, 6.07) is 10.8. The van der Waals surface area contributed by atoms with Crippen molar-refractivity contribution in [3.8, 4) is 5.75 Å². The Labute approximate surface area is 113 Å². The summed E-state index contributed by atoms with van der Waals surface area (Å²) in [6.45, 7) is 7.27. The van der Waals surface area contributed by atoms with E-state index in [0.717, 1.165) is 18.8 Å². The van der Waals surface area contributed by atoms with Crippen LogP contribution in [0.2, 0.25) is 0 Å². The number of hydrogen-bond acceptors (Lipinski definition) is 2. The quantitative estimate of drug-likeness (QED) is 0.750. The standard InChI is InChI=1S/C16H20OS/c1-12(2)14-7-6-13(3)16(11-14)17-9-8-15-5-4-10-18-15/h4-7,10-12H,8-9H2,1-3H3. The molecule has 0 saturated carbocycles. The van der Waals surface area contributed by atoms with Crippen LogP contribution in [0.25, 0.3) is 0 Å². The number of aryl methyl sites for hydroxylation is 1. The minimum atomic E-state index is 0.547. The fourth-order valence-electron chi connectivity index (χ4n) is 1.85. The van der Waals surface area contributed by atoms with Crippen LogP contribution in [-0.2, 0) is 6.42 Å². The summed E-state index contributed by atoms with van der Waals surface area (Å²) in [6.07, 6.45) is 0.989. The van der Waals surface area contributed by atoms with Crippen molar-refractivity contribution in [1.82, 2.24) is 0 Å². The lowest BCUT2D eigenvalue weighted by Crippen LogP contribution is -2.02. The van der Waals surface area contributed by atoms with Crippen LogP contribution in [0, 0.1) is 6.92 Å². The van der Waals surface area contributed by atoms with Gasteiger partial charge in [0.15, 0.2) is 0 Å². The molecule has 0 unspecified atom stereocenters. The predicted molar refractivity (Wildman–Crippen MR) is 78.8 cm³/mol. The van der Waals surface area contributed by atoms with E-state index >= 15 is 0 Å². The van der Waals surface area contributed by atoms with Crippen LogP contribution in [0.5, 0.6) is 5.75 Å². The van der Waals surface area contributed by atoms with Gasteiger partial charge in [0.1, 0.15) is 5.75 Å². The maximum Gasteiger partial charge on any atom is 0.122 e. The van der Waals surface area contributed by atoms with Crippen LogP contribution >= 0.6 is 11.3 Å². The molecule has 1 heterocycles. The Morgan fingerprint density at radius 3 is 2.72 bits per heavy atom. The lowest BCUT2D eigenvalue weighted by Gasteiger charge is -2.12. The van der Waals surface area contributed by atoms with Crippen LogP contribution in [0.1, 0.15) is 35.8 Å². The first-order valence-corrected chi connectivity index (χ1v) is 7.30. The van der Waals surface area contributed by atoms with E-state index in [1.165, 1.54) is 16.0 Å². The molecule has 0 fully saturated rings. The zero-order valence-corrected chi connectivity index (χ0v) is 12.1. The Hall–Kier alpha value is -1.28. The van der Waals surface area contributed by atoms with Gasteiger partial charge < -0.3 is 4.74 Å². The summed E-state index contributed by atoms with van der Waals surface area (Å²) in [5, 5.41) is 2.11. The second-order valence-electron chi connectivity index (χ2n) is 4.86. The molecule has 0 bridgehead atoms. The number of benzene rings is 1. The summed E-state index contributed by atoms with van der Waals surface area (Å²) in [4.78, 5) is 1.38. The maximum atomic E-state index is 5.91. The second-order valence-corrected chi connectivity index (χ2v) is 5.89.